The lowest BCUT2D eigenvalue weighted by Crippen LogP contribution is -2.49. The number of halogens is 3. The van der Waals surface area contributed by atoms with Crippen molar-refractivity contribution < 1.29 is 13.2 Å². The number of nitrogens with zero attached hydrogens (tertiary/aromatic N) is 3. The maximum atomic E-state index is 12.4. The number of rotatable bonds is 2. The number of aromatic nitrogens is 1. The standard InChI is InChI=1S/C13H15F3N4S/c14-13(15,16)7-19-3-5-20(6-4-19)9-1-2-10-12(11(9)17)18-8-21-10/h1-2,8H,3-7,17H2. The van der Waals surface area contributed by atoms with Crippen LogP contribution in [0.2, 0.25) is 0 Å². The van der Waals surface area contributed by atoms with Crippen molar-refractivity contribution in [1.29, 1.82) is 0 Å². The molecule has 0 radical (unpaired) electrons. The Bertz CT molecular complexity index is 632. The maximum Gasteiger partial charge on any atom is 0.401 e. The first-order chi connectivity index (χ1) is 9.94. The van der Waals surface area contributed by atoms with E-state index in [4.69, 9.17) is 5.73 Å². The van der Waals surface area contributed by atoms with Crippen LogP contribution in [-0.4, -0.2) is 48.8 Å². The summed E-state index contributed by atoms with van der Waals surface area (Å²) in [6, 6.07) is 3.88. The number of fused-ring (bicyclic) bond motifs is 1. The number of anilines is 2. The second kappa shape index (κ2) is 5.34. The van der Waals surface area contributed by atoms with Gasteiger partial charge in [0.2, 0.25) is 0 Å². The van der Waals surface area contributed by atoms with Gasteiger partial charge in [0.25, 0.3) is 0 Å². The monoisotopic (exact) mass is 316 g/mol. The first kappa shape index (κ1) is 14.4. The summed E-state index contributed by atoms with van der Waals surface area (Å²) in [4.78, 5) is 7.70. The molecule has 0 aliphatic carbocycles. The van der Waals surface area contributed by atoms with Crippen molar-refractivity contribution >= 4 is 32.9 Å². The highest BCUT2D eigenvalue weighted by Crippen LogP contribution is 2.33. The van der Waals surface area contributed by atoms with E-state index in [0.29, 0.717) is 31.9 Å². The van der Waals surface area contributed by atoms with Crippen LogP contribution < -0.4 is 10.6 Å². The van der Waals surface area contributed by atoms with E-state index < -0.39 is 12.7 Å². The second-order valence-electron chi connectivity index (χ2n) is 5.08. The molecule has 1 aromatic heterocycles. The molecule has 1 fully saturated rings. The van der Waals surface area contributed by atoms with Gasteiger partial charge in [-0.15, -0.1) is 11.3 Å². The Kier molecular flexibility index (Phi) is 3.66. The summed E-state index contributed by atoms with van der Waals surface area (Å²) in [7, 11) is 0. The number of piperazine rings is 1. The van der Waals surface area contributed by atoms with Crippen molar-refractivity contribution in [1.82, 2.24) is 9.88 Å². The Morgan fingerprint density at radius 3 is 2.57 bits per heavy atom. The van der Waals surface area contributed by atoms with Crippen LogP contribution in [0.3, 0.4) is 0 Å². The minimum Gasteiger partial charge on any atom is -0.395 e. The summed E-state index contributed by atoms with van der Waals surface area (Å²) in [6.45, 7) is 0.995. The summed E-state index contributed by atoms with van der Waals surface area (Å²) in [5.41, 5.74) is 10.1. The third kappa shape index (κ3) is 3.06. The Morgan fingerprint density at radius 1 is 1.19 bits per heavy atom. The first-order valence-corrected chi connectivity index (χ1v) is 7.48. The molecule has 3 rings (SSSR count). The van der Waals surface area contributed by atoms with E-state index >= 15 is 0 Å². The van der Waals surface area contributed by atoms with Gasteiger partial charge in [0.05, 0.1) is 28.1 Å². The Hall–Kier alpha value is -1.54. The van der Waals surface area contributed by atoms with Gasteiger partial charge >= 0.3 is 6.18 Å². The zero-order valence-corrected chi connectivity index (χ0v) is 12.0. The highest BCUT2D eigenvalue weighted by Gasteiger charge is 2.32. The molecule has 2 heterocycles. The van der Waals surface area contributed by atoms with Gasteiger partial charge in [0, 0.05) is 26.2 Å². The molecule has 114 valence electrons. The topological polar surface area (TPSA) is 45.4 Å². The van der Waals surface area contributed by atoms with Gasteiger partial charge in [-0.3, -0.25) is 4.90 Å². The molecule has 0 bridgehead atoms. The van der Waals surface area contributed by atoms with Gasteiger partial charge in [-0.05, 0) is 12.1 Å². The minimum absolute atomic E-state index is 0.383. The molecule has 0 spiro atoms. The zero-order valence-electron chi connectivity index (χ0n) is 11.2. The normalized spacial score (nSPS) is 17.6. The number of benzene rings is 1. The van der Waals surface area contributed by atoms with Gasteiger partial charge in [0.15, 0.2) is 0 Å². The fourth-order valence-corrected chi connectivity index (χ4v) is 3.31. The van der Waals surface area contributed by atoms with Gasteiger partial charge in [-0.2, -0.15) is 13.2 Å². The van der Waals surface area contributed by atoms with Crippen LogP contribution in [0.1, 0.15) is 0 Å². The predicted octanol–water partition coefficient (Wildman–Crippen LogP) is 2.56. The maximum absolute atomic E-state index is 12.4. The molecular formula is C13H15F3N4S. The number of nitrogens with two attached hydrogens (primary N) is 1. The van der Waals surface area contributed by atoms with Gasteiger partial charge in [-0.25, -0.2) is 4.98 Å². The molecular weight excluding hydrogens is 301 g/mol. The van der Waals surface area contributed by atoms with E-state index in [1.165, 1.54) is 16.2 Å². The fraction of sp³-hybridized carbons (Fsp3) is 0.462. The predicted molar refractivity (Wildman–Crippen MR) is 78.7 cm³/mol. The van der Waals surface area contributed by atoms with Gasteiger partial charge in [-0.1, -0.05) is 0 Å². The van der Waals surface area contributed by atoms with Crippen LogP contribution in [0.5, 0.6) is 0 Å². The number of alkyl halides is 3. The number of hydrogen-bond donors (Lipinski definition) is 1. The average Bonchev–Trinajstić information content (AvgIpc) is 2.88. The van der Waals surface area contributed by atoms with Crippen LogP contribution >= 0.6 is 11.3 Å². The lowest BCUT2D eigenvalue weighted by atomic mass is 10.2. The quantitative estimate of drug-likeness (QED) is 0.865. The third-order valence-electron chi connectivity index (χ3n) is 3.63. The van der Waals surface area contributed by atoms with Crippen molar-refractivity contribution in [2.45, 2.75) is 6.18 Å². The minimum atomic E-state index is -4.14. The highest BCUT2D eigenvalue weighted by atomic mass is 32.1. The van der Waals surface area contributed by atoms with Crippen LogP contribution in [0.25, 0.3) is 10.2 Å². The van der Waals surface area contributed by atoms with Gasteiger partial charge < -0.3 is 10.6 Å². The molecule has 0 amide bonds. The summed E-state index contributed by atoms with van der Waals surface area (Å²) >= 11 is 1.52. The Balaban J connectivity index is 1.72. The van der Waals surface area contributed by atoms with Crippen molar-refractivity contribution in [2.24, 2.45) is 0 Å². The van der Waals surface area contributed by atoms with Crippen LogP contribution in [0.4, 0.5) is 24.5 Å². The van der Waals surface area contributed by atoms with Crippen LogP contribution in [0.15, 0.2) is 17.6 Å². The van der Waals surface area contributed by atoms with E-state index in [-0.39, 0.29) is 0 Å². The Morgan fingerprint density at radius 2 is 1.90 bits per heavy atom. The lowest BCUT2D eigenvalue weighted by Gasteiger charge is -2.36. The summed E-state index contributed by atoms with van der Waals surface area (Å²) < 4.78 is 38.2. The van der Waals surface area contributed by atoms with Crippen molar-refractivity contribution in [3.05, 3.63) is 17.6 Å². The smallest absolute Gasteiger partial charge is 0.395 e. The largest absolute Gasteiger partial charge is 0.401 e. The van der Waals surface area contributed by atoms with Crippen LogP contribution in [0, 0.1) is 0 Å². The molecule has 21 heavy (non-hydrogen) atoms. The Labute approximate surface area is 124 Å². The third-order valence-corrected chi connectivity index (χ3v) is 4.43. The summed E-state index contributed by atoms with van der Waals surface area (Å²) in [6.07, 6.45) is -4.14. The zero-order chi connectivity index (χ0) is 15.0. The molecule has 2 aromatic rings. The fourth-order valence-electron chi connectivity index (χ4n) is 2.62. The molecule has 0 saturated carbocycles. The number of nitrogen functional groups attached to an aromatic ring is 1. The van der Waals surface area contributed by atoms with Crippen LogP contribution in [-0.2, 0) is 0 Å². The van der Waals surface area contributed by atoms with E-state index in [1.807, 2.05) is 17.0 Å². The summed E-state index contributed by atoms with van der Waals surface area (Å²) in [5.74, 6) is 0. The van der Waals surface area contributed by atoms with E-state index in [0.717, 1.165) is 15.9 Å². The van der Waals surface area contributed by atoms with Gasteiger partial charge in [0.1, 0.15) is 5.52 Å². The molecule has 1 aliphatic heterocycles. The van der Waals surface area contributed by atoms with E-state index in [1.54, 1.807) is 5.51 Å². The van der Waals surface area contributed by atoms with Crippen molar-refractivity contribution in [3.63, 3.8) is 0 Å². The van der Waals surface area contributed by atoms with E-state index in [9.17, 15) is 13.2 Å². The SMILES string of the molecule is Nc1c(N2CCN(CC(F)(F)F)CC2)ccc2scnc12. The molecule has 0 unspecified atom stereocenters. The molecule has 8 heteroatoms. The number of hydrogen-bond acceptors (Lipinski definition) is 5. The second-order valence-corrected chi connectivity index (χ2v) is 5.96. The van der Waals surface area contributed by atoms with E-state index in [2.05, 4.69) is 4.98 Å². The molecule has 1 aromatic carbocycles. The summed E-state index contributed by atoms with van der Waals surface area (Å²) in [5, 5.41) is 0. The van der Waals surface area contributed by atoms with Crippen molar-refractivity contribution in [2.75, 3.05) is 43.4 Å². The highest BCUT2D eigenvalue weighted by molar-refractivity contribution is 7.16. The first-order valence-electron chi connectivity index (χ1n) is 6.60. The molecule has 4 nitrogen and oxygen atoms in total. The molecule has 1 saturated heterocycles. The number of thiazole rings is 1. The molecule has 2 N–H and O–H groups in total. The molecule has 1 aliphatic rings. The molecule has 0 atom stereocenters. The lowest BCUT2D eigenvalue weighted by molar-refractivity contribution is -0.146. The average molecular weight is 316 g/mol. The van der Waals surface area contributed by atoms with Crippen molar-refractivity contribution in [3.8, 4) is 0 Å².